The molecule has 0 aliphatic rings. The fourth-order valence-corrected chi connectivity index (χ4v) is 1.19. The molecule has 0 aromatic rings. The van der Waals surface area contributed by atoms with Gasteiger partial charge < -0.3 is 5.32 Å². The van der Waals surface area contributed by atoms with Crippen molar-refractivity contribution in [3.63, 3.8) is 0 Å². The number of hydrogen-bond acceptors (Lipinski definition) is 1. The fraction of sp³-hybridized carbons (Fsp3) is 0.909. The van der Waals surface area contributed by atoms with E-state index in [0.717, 1.165) is 6.42 Å². The summed E-state index contributed by atoms with van der Waals surface area (Å²) in [5, 5.41) is 3.00. The molecular weight excluding hydrogens is 198 g/mol. The molecule has 0 bridgehead atoms. The lowest BCUT2D eigenvalue weighted by Crippen LogP contribution is -2.49. The van der Waals surface area contributed by atoms with Crippen LogP contribution in [0.5, 0.6) is 0 Å². The SMILES string of the molecule is CCC(C)(CCl)NC(=O)C(C)C(C)C. The first kappa shape index (κ1) is 13.8. The highest BCUT2D eigenvalue weighted by atomic mass is 35.5. The van der Waals surface area contributed by atoms with Gasteiger partial charge >= 0.3 is 0 Å². The van der Waals surface area contributed by atoms with Gasteiger partial charge in [-0.25, -0.2) is 0 Å². The smallest absolute Gasteiger partial charge is 0.223 e. The first-order valence-electron chi connectivity index (χ1n) is 5.24. The number of halogens is 1. The molecule has 0 heterocycles. The Kier molecular flexibility index (Phi) is 5.50. The van der Waals surface area contributed by atoms with Gasteiger partial charge in [-0.3, -0.25) is 4.79 Å². The van der Waals surface area contributed by atoms with Crippen LogP contribution in [0.1, 0.15) is 41.0 Å². The Morgan fingerprint density at radius 2 is 1.93 bits per heavy atom. The maximum Gasteiger partial charge on any atom is 0.223 e. The van der Waals surface area contributed by atoms with E-state index >= 15 is 0 Å². The summed E-state index contributed by atoms with van der Waals surface area (Å²) < 4.78 is 0. The Balaban J connectivity index is 4.30. The van der Waals surface area contributed by atoms with Crippen LogP contribution in [0, 0.1) is 11.8 Å². The monoisotopic (exact) mass is 219 g/mol. The van der Waals surface area contributed by atoms with Crippen LogP contribution in [0.15, 0.2) is 0 Å². The van der Waals surface area contributed by atoms with E-state index in [9.17, 15) is 4.79 Å². The lowest BCUT2D eigenvalue weighted by Gasteiger charge is -2.29. The van der Waals surface area contributed by atoms with E-state index in [1.54, 1.807) is 0 Å². The van der Waals surface area contributed by atoms with E-state index < -0.39 is 0 Å². The number of carbonyl (C=O) groups excluding carboxylic acids is 1. The van der Waals surface area contributed by atoms with Crippen molar-refractivity contribution in [1.29, 1.82) is 0 Å². The predicted octanol–water partition coefficient (Wildman–Crippen LogP) is 2.80. The Labute approximate surface area is 92.4 Å². The molecule has 0 aliphatic carbocycles. The van der Waals surface area contributed by atoms with Gasteiger partial charge in [-0.2, -0.15) is 0 Å². The van der Waals surface area contributed by atoms with Crippen LogP contribution in [0.25, 0.3) is 0 Å². The summed E-state index contributed by atoms with van der Waals surface area (Å²) in [4.78, 5) is 11.7. The maximum atomic E-state index is 11.7. The zero-order valence-corrected chi connectivity index (χ0v) is 10.6. The summed E-state index contributed by atoms with van der Waals surface area (Å²) in [6.45, 7) is 10.1. The van der Waals surface area contributed by atoms with Crippen molar-refractivity contribution in [3.8, 4) is 0 Å². The van der Waals surface area contributed by atoms with Crippen LogP contribution in [0.2, 0.25) is 0 Å². The van der Waals surface area contributed by atoms with Crippen molar-refractivity contribution in [3.05, 3.63) is 0 Å². The van der Waals surface area contributed by atoms with E-state index in [0.29, 0.717) is 11.8 Å². The molecule has 0 spiro atoms. The van der Waals surface area contributed by atoms with E-state index in [-0.39, 0.29) is 17.4 Å². The molecule has 0 aliphatic heterocycles. The molecule has 0 saturated carbocycles. The van der Waals surface area contributed by atoms with E-state index in [1.165, 1.54) is 0 Å². The van der Waals surface area contributed by atoms with Crippen LogP contribution >= 0.6 is 11.6 Å². The van der Waals surface area contributed by atoms with Gasteiger partial charge in [0.05, 0.1) is 5.54 Å². The Hall–Kier alpha value is -0.240. The number of carbonyl (C=O) groups is 1. The van der Waals surface area contributed by atoms with Crippen LogP contribution in [-0.4, -0.2) is 17.3 Å². The summed E-state index contributed by atoms with van der Waals surface area (Å²) in [6, 6.07) is 0. The second-order valence-electron chi connectivity index (χ2n) is 4.57. The summed E-state index contributed by atoms with van der Waals surface area (Å²) in [6.07, 6.45) is 0.854. The quantitative estimate of drug-likeness (QED) is 0.708. The van der Waals surface area contributed by atoms with Crippen molar-refractivity contribution in [1.82, 2.24) is 5.32 Å². The molecule has 1 amide bonds. The summed E-state index contributed by atoms with van der Waals surface area (Å²) in [5.41, 5.74) is -0.262. The van der Waals surface area contributed by atoms with Gasteiger partial charge in [-0.05, 0) is 19.3 Å². The minimum absolute atomic E-state index is 0.0455. The molecule has 1 N–H and O–H groups in total. The average molecular weight is 220 g/mol. The predicted molar refractivity (Wildman–Crippen MR) is 61.6 cm³/mol. The highest BCUT2D eigenvalue weighted by molar-refractivity contribution is 6.18. The van der Waals surface area contributed by atoms with Crippen molar-refractivity contribution in [2.45, 2.75) is 46.6 Å². The lowest BCUT2D eigenvalue weighted by atomic mass is 9.94. The molecule has 0 saturated heterocycles. The van der Waals surface area contributed by atoms with Gasteiger partial charge in [0.1, 0.15) is 0 Å². The van der Waals surface area contributed by atoms with E-state index in [1.807, 2.05) is 34.6 Å². The highest BCUT2D eigenvalue weighted by Crippen LogP contribution is 2.15. The first-order valence-corrected chi connectivity index (χ1v) is 5.77. The maximum absolute atomic E-state index is 11.7. The van der Waals surface area contributed by atoms with E-state index in [4.69, 9.17) is 11.6 Å². The number of amides is 1. The van der Waals surface area contributed by atoms with Crippen LogP contribution < -0.4 is 5.32 Å². The summed E-state index contributed by atoms with van der Waals surface area (Å²) >= 11 is 5.82. The van der Waals surface area contributed by atoms with Gasteiger partial charge in [0.25, 0.3) is 0 Å². The second-order valence-corrected chi connectivity index (χ2v) is 4.84. The topological polar surface area (TPSA) is 29.1 Å². The van der Waals surface area contributed by atoms with Crippen molar-refractivity contribution in [2.75, 3.05) is 5.88 Å². The zero-order valence-electron chi connectivity index (χ0n) is 9.86. The molecule has 14 heavy (non-hydrogen) atoms. The second kappa shape index (κ2) is 5.59. The van der Waals surface area contributed by atoms with Gasteiger partial charge in [0.2, 0.25) is 5.91 Å². The molecule has 2 atom stereocenters. The number of nitrogens with one attached hydrogen (secondary N) is 1. The molecule has 2 unspecified atom stereocenters. The molecule has 0 fully saturated rings. The third-order valence-electron chi connectivity index (χ3n) is 2.91. The molecule has 0 rings (SSSR count). The average Bonchev–Trinajstić information content (AvgIpc) is 2.16. The minimum Gasteiger partial charge on any atom is -0.350 e. The highest BCUT2D eigenvalue weighted by Gasteiger charge is 2.26. The van der Waals surface area contributed by atoms with Crippen LogP contribution in [-0.2, 0) is 4.79 Å². The van der Waals surface area contributed by atoms with Gasteiger partial charge in [0.15, 0.2) is 0 Å². The number of rotatable bonds is 5. The Bertz CT molecular complexity index is 188. The molecular formula is C11H22ClNO. The molecule has 84 valence electrons. The third kappa shape index (κ3) is 3.87. The number of alkyl halides is 1. The fourth-order valence-electron chi connectivity index (χ4n) is 0.930. The lowest BCUT2D eigenvalue weighted by molar-refractivity contribution is -0.127. The summed E-state index contributed by atoms with van der Waals surface area (Å²) in [7, 11) is 0. The normalized spacial score (nSPS) is 17.6. The molecule has 3 heteroatoms. The van der Waals surface area contributed by atoms with Crippen LogP contribution in [0.4, 0.5) is 0 Å². The van der Waals surface area contributed by atoms with Gasteiger partial charge in [0, 0.05) is 11.8 Å². The summed E-state index contributed by atoms with van der Waals surface area (Å²) in [5.74, 6) is 0.973. The minimum atomic E-state index is -0.262. The van der Waals surface area contributed by atoms with Gasteiger partial charge in [-0.15, -0.1) is 11.6 Å². The van der Waals surface area contributed by atoms with Crippen molar-refractivity contribution >= 4 is 17.5 Å². The Morgan fingerprint density at radius 1 is 1.43 bits per heavy atom. The zero-order chi connectivity index (χ0) is 11.4. The van der Waals surface area contributed by atoms with Crippen molar-refractivity contribution in [2.24, 2.45) is 11.8 Å². The largest absolute Gasteiger partial charge is 0.350 e. The van der Waals surface area contributed by atoms with E-state index in [2.05, 4.69) is 5.32 Å². The standard InChI is InChI=1S/C11H22ClNO/c1-6-11(5,7-12)13-10(14)9(4)8(2)3/h8-9H,6-7H2,1-5H3,(H,13,14). The Morgan fingerprint density at radius 3 is 2.21 bits per heavy atom. The number of hydrogen-bond donors (Lipinski definition) is 1. The molecule has 2 nitrogen and oxygen atoms in total. The first-order chi connectivity index (χ1) is 6.36. The van der Waals surface area contributed by atoms with Gasteiger partial charge in [-0.1, -0.05) is 27.7 Å². The van der Waals surface area contributed by atoms with Crippen molar-refractivity contribution < 1.29 is 4.79 Å². The molecule has 0 aromatic heterocycles. The molecule has 0 aromatic carbocycles. The third-order valence-corrected chi connectivity index (χ3v) is 3.50. The van der Waals surface area contributed by atoms with Crippen LogP contribution in [0.3, 0.4) is 0 Å². The molecule has 0 radical (unpaired) electrons.